The third kappa shape index (κ3) is 13.5. The van der Waals surface area contributed by atoms with Gasteiger partial charge in [0.2, 0.25) is 0 Å². The van der Waals surface area contributed by atoms with E-state index in [0.717, 1.165) is 12.8 Å². The molecule has 3 heteroatoms. The van der Waals surface area contributed by atoms with Crippen LogP contribution in [-0.4, -0.2) is 32.8 Å². The van der Waals surface area contributed by atoms with Crippen LogP contribution in [0.3, 0.4) is 0 Å². The summed E-state index contributed by atoms with van der Waals surface area (Å²) in [4.78, 5) is 0. The van der Waals surface area contributed by atoms with Crippen LogP contribution >= 0.6 is 0 Å². The minimum atomic E-state index is -2.26. The quantitative estimate of drug-likeness (QED) is 0.0929. The van der Waals surface area contributed by atoms with Gasteiger partial charge in [0.05, 0.1) is 0 Å². The molecule has 0 aliphatic rings. The van der Waals surface area contributed by atoms with Crippen molar-refractivity contribution in [3.8, 4) is 0 Å². The summed E-state index contributed by atoms with van der Waals surface area (Å²) in [6.07, 6.45) is 20.8. The van der Waals surface area contributed by atoms with Crippen LogP contribution in [0.5, 0.6) is 0 Å². The predicted octanol–water partition coefficient (Wildman–Crippen LogP) is 10.2. The van der Waals surface area contributed by atoms with E-state index in [1.807, 2.05) is 6.08 Å². The number of hydrogen-bond donors (Lipinski definition) is 0. The summed E-state index contributed by atoms with van der Waals surface area (Å²) in [5, 5.41) is 0.259. The number of allylic oxidation sites excluding steroid dienone is 3. The molecule has 0 spiro atoms. The molecule has 0 heterocycles. The SMILES string of the molecule is C=C/C=C/CCCC(/C=[CH]/[Sn]([CH2]CCC)([CH2]CCC)[CH2]CCC)O[Si](C)(C)C(C)(C)C. The Morgan fingerprint density at radius 3 is 1.84 bits per heavy atom. The zero-order valence-electron chi connectivity index (χ0n) is 22.6. The van der Waals surface area contributed by atoms with Gasteiger partial charge in [-0.2, -0.15) is 0 Å². The van der Waals surface area contributed by atoms with Gasteiger partial charge in [0.1, 0.15) is 0 Å². The number of unbranched alkanes of at least 4 members (excludes halogenated alkanes) is 4. The molecule has 0 aliphatic heterocycles. The van der Waals surface area contributed by atoms with Crippen LogP contribution in [0.4, 0.5) is 0 Å². The van der Waals surface area contributed by atoms with Gasteiger partial charge in [0.15, 0.2) is 0 Å². The zero-order chi connectivity index (χ0) is 23.8. The summed E-state index contributed by atoms with van der Waals surface area (Å²) in [5.74, 6) is 0. The van der Waals surface area contributed by atoms with Crippen molar-refractivity contribution in [3.63, 3.8) is 0 Å². The average molecular weight is 556 g/mol. The van der Waals surface area contributed by atoms with Crippen LogP contribution in [0.15, 0.2) is 35.0 Å². The van der Waals surface area contributed by atoms with Crippen molar-refractivity contribution in [1.29, 1.82) is 0 Å². The Morgan fingerprint density at radius 2 is 1.42 bits per heavy atom. The standard InChI is InChI=1S/C16H29OSi.3C4H9.Sn/c1-8-10-11-12-13-14-15(9-2)17-18(6,7)16(3,4)5;3*1-3-4-2;/h2,8-11,15H,1,12-14H2,3-7H3;3*1,3-4H2,2H3;/b9-2?,11-10+;;;;. The first-order chi connectivity index (χ1) is 14.6. The van der Waals surface area contributed by atoms with Crippen molar-refractivity contribution in [2.75, 3.05) is 0 Å². The van der Waals surface area contributed by atoms with Crippen molar-refractivity contribution in [2.24, 2.45) is 0 Å². The third-order valence-electron chi connectivity index (χ3n) is 7.13. The van der Waals surface area contributed by atoms with E-state index in [4.69, 9.17) is 4.43 Å². The Bertz CT molecular complexity index is 494. The van der Waals surface area contributed by atoms with Gasteiger partial charge in [-0.05, 0) is 0 Å². The van der Waals surface area contributed by atoms with E-state index in [1.54, 1.807) is 0 Å². The molecular weight excluding hydrogens is 499 g/mol. The Hall–Kier alpha value is 0.196. The summed E-state index contributed by atoms with van der Waals surface area (Å²) in [7, 11) is -1.78. The Labute approximate surface area is 202 Å². The molecule has 0 aromatic carbocycles. The molecule has 0 aromatic heterocycles. The van der Waals surface area contributed by atoms with E-state index >= 15 is 0 Å². The molecule has 0 aromatic rings. The van der Waals surface area contributed by atoms with E-state index in [2.05, 4.69) is 83.5 Å². The van der Waals surface area contributed by atoms with Gasteiger partial charge in [-0.25, -0.2) is 0 Å². The molecule has 0 rings (SSSR count). The van der Waals surface area contributed by atoms with Gasteiger partial charge in [-0.3, -0.25) is 0 Å². The Kier molecular flexibility index (Phi) is 16.9. The van der Waals surface area contributed by atoms with E-state index in [9.17, 15) is 0 Å². The van der Waals surface area contributed by atoms with Crippen LogP contribution in [0.2, 0.25) is 31.4 Å². The summed E-state index contributed by atoms with van der Waals surface area (Å²) in [6, 6.07) is 0. The normalized spacial score (nSPS) is 14.6. The number of rotatable bonds is 18. The molecule has 0 bridgehead atoms. The predicted molar refractivity (Wildman–Crippen MR) is 149 cm³/mol. The molecule has 31 heavy (non-hydrogen) atoms. The minimum absolute atomic E-state index is 0.259. The number of hydrogen-bond acceptors (Lipinski definition) is 1. The maximum atomic E-state index is 6.96. The zero-order valence-corrected chi connectivity index (χ0v) is 26.4. The van der Waals surface area contributed by atoms with Gasteiger partial charge in [-0.1, -0.05) is 0 Å². The molecular formula is C28H56OSiSn. The molecule has 0 N–H and O–H groups in total. The molecule has 0 saturated carbocycles. The molecule has 0 saturated heterocycles. The summed E-state index contributed by atoms with van der Waals surface area (Å²) < 4.78 is 14.4. The van der Waals surface area contributed by atoms with Crippen LogP contribution in [0.25, 0.3) is 0 Å². The fourth-order valence-electron chi connectivity index (χ4n) is 3.90. The van der Waals surface area contributed by atoms with Gasteiger partial charge in [-0.15, -0.1) is 0 Å². The average Bonchev–Trinajstić information content (AvgIpc) is 2.71. The summed E-state index contributed by atoms with van der Waals surface area (Å²) in [6.45, 7) is 22.8. The first-order valence-electron chi connectivity index (χ1n) is 13.2. The van der Waals surface area contributed by atoms with Gasteiger partial charge >= 0.3 is 203 Å². The second-order valence-electron chi connectivity index (χ2n) is 11.0. The van der Waals surface area contributed by atoms with Crippen molar-refractivity contribution in [1.82, 2.24) is 0 Å². The fraction of sp³-hybridized carbons (Fsp3) is 0.786. The molecule has 1 unspecified atom stereocenters. The maximum absolute atomic E-state index is 6.96. The van der Waals surface area contributed by atoms with Gasteiger partial charge in [0.25, 0.3) is 0 Å². The Morgan fingerprint density at radius 1 is 0.903 bits per heavy atom. The van der Waals surface area contributed by atoms with Gasteiger partial charge < -0.3 is 0 Å². The van der Waals surface area contributed by atoms with Crippen molar-refractivity contribution < 1.29 is 4.43 Å². The van der Waals surface area contributed by atoms with Crippen molar-refractivity contribution >= 4 is 26.7 Å². The molecule has 1 nitrogen and oxygen atoms in total. The fourth-order valence-corrected chi connectivity index (χ4v) is 19.6. The summed E-state index contributed by atoms with van der Waals surface area (Å²) in [5.41, 5.74) is 0. The van der Waals surface area contributed by atoms with E-state index in [-0.39, 0.29) is 5.04 Å². The molecule has 0 aliphatic carbocycles. The molecule has 0 fully saturated rings. The van der Waals surface area contributed by atoms with Crippen LogP contribution in [0, 0.1) is 0 Å². The Balaban J connectivity index is 5.66. The van der Waals surface area contributed by atoms with E-state index in [1.165, 1.54) is 58.3 Å². The summed E-state index contributed by atoms with van der Waals surface area (Å²) >= 11 is -2.26. The first kappa shape index (κ1) is 31.2. The van der Waals surface area contributed by atoms with E-state index < -0.39 is 26.7 Å². The topological polar surface area (TPSA) is 9.23 Å². The second kappa shape index (κ2) is 16.8. The van der Waals surface area contributed by atoms with Gasteiger partial charge in [0, 0.05) is 0 Å². The molecule has 182 valence electrons. The second-order valence-corrected chi connectivity index (χ2v) is 28.8. The van der Waals surface area contributed by atoms with E-state index in [0.29, 0.717) is 6.10 Å². The molecule has 0 radical (unpaired) electrons. The molecule has 0 amide bonds. The van der Waals surface area contributed by atoms with Crippen molar-refractivity contribution in [2.45, 2.75) is 137 Å². The first-order valence-corrected chi connectivity index (χ1v) is 23.8. The van der Waals surface area contributed by atoms with Crippen LogP contribution in [0.1, 0.15) is 99.3 Å². The van der Waals surface area contributed by atoms with Crippen molar-refractivity contribution in [3.05, 3.63) is 35.0 Å². The third-order valence-corrected chi connectivity index (χ3v) is 25.8. The van der Waals surface area contributed by atoms with Crippen LogP contribution in [-0.2, 0) is 4.43 Å². The molecule has 1 atom stereocenters. The monoisotopic (exact) mass is 556 g/mol. The van der Waals surface area contributed by atoms with Crippen LogP contribution < -0.4 is 0 Å².